The number of rotatable bonds is 17. The van der Waals surface area contributed by atoms with E-state index in [4.69, 9.17) is 29.1 Å². The molecule has 0 aliphatic heterocycles. The molecule has 0 saturated carbocycles. The van der Waals surface area contributed by atoms with Crippen molar-refractivity contribution < 1.29 is 37.6 Å². The molecule has 2 aromatic carbocycles. The molecule has 1 amide bonds. The maximum Gasteiger partial charge on any atom is 0.475 e. The summed E-state index contributed by atoms with van der Waals surface area (Å²) in [6.07, 6.45) is 1.45. The second-order valence-electron chi connectivity index (χ2n) is 8.62. The van der Waals surface area contributed by atoms with Crippen molar-refractivity contribution >= 4 is 19.7 Å². The first kappa shape index (κ1) is 29.7. The molecule has 0 aromatic heterocycles. The Morgan fingerprint density at radius 1 is 1.05 bits per heavy atom. The van der Waals surface area contributed by atoms with Crippen molar-refractivity contribution in [3.8, 4) is 11.1 Å². The number of hydrogen-bond acceptors (Lipinski definition) is 9. The van der Waals surface area contributed by atoms with E-state index in [0.29, 0.717) is 12.8 Å². The smallest absolute Gasteiger partial charge is 0.449 e. The van der Waals surface area contributed by atoms with Crippen LogP contribution in [-0.4, -0.2) is 62.6 Å². The molecule has 3 rings (SSSR count). The van der Waals surface area contributed by atoms with Crippen LogP contribution < -0.4 is 11.1 Å². The van der Waals surface area contributed by atoms with Gasteiger partial charge in [-0.15, -0.1) is 6.58 Å². The van der Waals surface area contributed by atoms with E-state index in [0.717, 1.165) is 22.3 Å². The van der Waals surface area contributed by atoms with E-state index in [1.807, 2.05) is 48.5 Å². The zero-order valence-corrected chi connectivity index (χ0v) is 22.1. The zero-order chi connectivity index (χ0) is 27.4. The molecule has 4 N–H and O–H groups in total. The van der Waals surface area contributed by atoms with Crippen LogP contribution in [0.5, 0.6) is 0 Å². The lowest BCUT2D eigenvalue weighted by Gasteiger charge is -2.22. The molecule has 0 radical (unpaired) electrons. The maximum atomic E-state index is 12.9. The van der Waals surface area contributed by atoms with Gasteiger partial charge in [0, 0.05) is 25.5 Å². The number of amides is 1. The van der Waals surface area contributed by atoms with Gasteiger partial charge in [-0.1, -0.05) is 54.6 Å². The molecule has 2 unspecified atom stereocenters. The predicted molar refractivity (Wildman–Crippen MR) is 143 cm³/mol. The fourth-order valence-corrected chi connectivity index (χ4v) is 5.34. The highest BCUT2D eigenvalue weighted by atomic mass is 31.2. The van der Waals surface area contributed by atoms with Crippen LogP contribution in [-0.2, 0) is 27.7 Å². The van der Waals surface area contributed by atoms with E-state index in [1.165, 1.54) is 6.08 Å². The first-order valence-electron chi connectivity index (χ1n) is 12.5. The van der Waals surface area contributed by atoms with Crippen molar-refractivity contribution in [2.24, 2.45) is 5.73 Å². The van der Waals surface area contributed by atoms with Crippen LogP contribution in [0.4, 0.5) is 4.79 Å². The number of fused-ring (bicyclic) bond motifs is 3. The Balaban J connectivity index is 1.66. The minimum absolute atomic E-state index is 0.0622. The quantitative estimate of drug-likeness (QED) is 0.153. The second-order valence-corrected chi connectivity index (χ2v) is 10.3. The van der Waals surface area contributed by atoms with Gasteiger partial charge >= 0.3 is 13.9 Å². The highest BCUT2D eigenvalue weighted by Gasteiger charge is 2.32. The molecule has 0 bridgehead atoms. The van der Waals surface area contributed by atoms with Gasteiger partial charge in [-0.05, 0) is 35.1 Å². The third kappa shape index (κ3) is 8.07. The van der Waals surface area contributed by atoms with Gasteiger partial charge in [-0.3, -0.25) is 18.4 Å². The number of nitrogens with two attached hydrogens (primary N) is 1. The Morgan fingerprint density at radius 3 is 2.32 bits per heavy atom. The third-order valence-electron chi connectivity index (χ3n) is 5.97. The average molecular weight is 547 g/mol. The molecule has 206 valence electrons. The number of alkyl carbamates (subject to hydrolysis) is 1. The molecule has 2 atom stereocenters. The van der Waals surface area contributed by atoms with Gasteiger partial charge in [-0.2, -0.15) is 0 Å². The van der Waals surface area contributed by atoms with Crippen molar-refractivity contribution in [1.82, 2.24) is 5.32 Å². The summed E-state index contributed by atoms with van der Waals surface area (Å²) in [5, 5.41) is 11.6. The first-order chi connectivity index (χ1) is 18.4. The average Bonchev–Trinajstić information content (AvgIpc) is 3.25. The summed E-state index contributed by atoms with van der Waals surface area (Å²) in [4.78, 5) is 25.6. The number of aliphatic hydroxyl groups excluding tert-OH is 1. The number of unbranched alkanes of at least 4 members (excludes halogenated alkanes) is 1. The van der Waals surface area contributed by atoms with E-state index in [2.05, 4.69) is 11.9 Å². The fraction of sp³-hybridized carbons (Fsp3) is 0.407. The van der Waals surface area contributed by atoms with Crippen LogP contribution in [0.25, 0.3) is 11.1 Å². The summed E-state index contributed by atoms with van der Waals surface area (Å²) in [6, 6.07) is 14.7. The lowest BCUT2D eigenvalue weighted by atomic mass is 9.98. The molecule has 1 aliphatic rings. The first-order valence-corrected chi connectivity index (χ1v) is 14.0. The molecule has 2 aromatic rings. The maximum absolute atomic E-state index is 12.9. The molecule has 0 spiro atoms. The van der Waals surface area contributed by atoms with E-state index in [-0.39, 0.29) is 51.1 Å². The van der Waals surface area contributed by atoms with Crippen molar-refractivity contribution in [3.63, 3.8) is 0 Å². The fourth-order valence-electron chi connectivity index (χ4n) is 4.17. The summed E-state index contributed by atoms with van der Waals surface area (Å²) in [6.45, 7) is 2.89. The predicted octanol–water partition coefficient (Wildman–Crippen LogP) is 3.93. The lowest BCUT2D eigenvalue weighted by Crippen LogP contribution is -2.44. The largest absolute Gasteiger partial charge is 0.475 e. The molecular weight excluding hydrogens is 511 g/mol. The van der Waals surface area contributed by atoms with Crippen LogP contribution in [0.2, 0.25) is 0 Å². The number of aliphatic hydroxyl groups is 1. The number of nitrogens with one attached hydrogen (secondary N) is 1. The number of carbonyl (C=O) groups is 2. The number of phosphoric acid groups is 1. The number of ether oxygens (including phenoxy) is 1. The highest BCUT2D eigenvalue weighted by molar-refractivity contribution is 7.48. The minimum Gasteiger partial charge on any atom is -0.449 e. The summed E-state index contributed by atoms with van der Waals surface area (Å²) in [5.74, 6) is -0.527. The Bertz CT molecular complexity index is 1100. The van der Waals surface area contributed by atoms with Gasteiger partial charge in [-0.25, -0.2) is 9.36 Å². The SMILES string of the molecule is C=CCOP(=O)(OCCN)OCC(NC(=O)OCC1c2ccccc2-c2ccccc21)C(=O)CCCCO. The Hall–Kier alpha value is -2.85. The molecule has 1 aliphatic carbocycles. The van der Waals surface area contributed by atoms with Gasteiger partial charge in [0.15, 0.2) is 5.78 Å². The number of hydrogen-bond donors (Lipinski definition) is 3. The molecule has 0 heterocycles. The third-order valence-corrected chi connectivity index (χ3v) is 7.40. The summed E-state index contributed by atoms with van der Waals surface area (Å²) < 4.78 is 34.1. The topological polar surface area (TPSA) is 146 Å². The van der Waals surface area contributed by atoms with Crippen molar-refractivity contribution in [2.45, 2.75) is 31.2 Å². The highest BCUT2D eigenvalue weighted by Crippen LogP contribution is 2.49. The van der Waals surface area contributed by atoms with E-state index in [1.54, 1.807) is 0 Å². The number of benzene rings is 2. The number of Topliss-reactive ketones (excluding diaryl/α,β-unsaturated/α-hetero) is 1. The van der Waals surface area contributed by atoms with Gasteiger partial charge in [0.25, 0.3) is 0 Å². The molecule has 0 fully saturated rings. The lowest BCUT2D eigenvalue weighted by molar-refractivity contribution is -0.121. The van der Waals surface area contributed by atoms with E-state index < -0.39 is 26.6 Å². The standard InChI is InChI=1S/C27H35N2O8P/c1-2-16-35-38(33,36-17-14-28)37-19-25(26(31)13-7-8-15-30)29-27(32)34-18-24-22-11-5-3-9-20(22)21-10-4-6-12-23(21)24/h2-6,9-12,24-25,30H,1,7-8,13-19,28H2,(H,29,32). The van der Waals surface area contributed by atoms with Gasteiger partial charge in [0.05, 0.1) is 19.8 Å². The number of ketones is 1. The van der Waals surface area contributed by atoms with E-state index in [9.17, 15) is 14.2 Å². The van der Waals surface area contributed by atoms with Crippen molar-refractivity contribution in [2.75, 3.05) is 39.6 Å². The van der Waals surface area contributed by atoms with Gasteiger partial charge in [0.2, 0.25) is 0 Å². The molecule has 38 heavy (non-hydrogen) atoms. The molecule has 10 nitrogen and oxygen atoms in total. The normalized spacial score (nSPS) is 14.7. The number of carbonyl (C=O) groups excluding carboxylic acids is 2. The minimum atomic E-state index is -4.06. The van der Waals surface area contributed by atoms with Gasteiger partial charge in [0.1, 0.15) is 12.6 Å². The van der Waals surface area contributed by atoms with Crippen LogP contribution in [0.15, 0.2) is 61.2 Å². The molecular formula is C27H35N2O8P. The Morgan fingerprint density at radius 2 is 1.71 bits per heavy atom. The summed E-state index contributed by atoms with van der Waals surface area (Å²) in [5.41, 5.74) is 9.72. The monoisotopic (exact) mass is 546 g/mol. The zero-order valence-electron chi connectivity index (χ0n) is 21.3. The van der Waals surface area contributed by atoms with Gasteiger partial charge < -0.3 is 20.9 Å². The van der Waals surface area contributed by atoms with Crippen LogP contribution >= 0.6 is 7.82 Å². The summed E-state index contributed by atoms with van der Waals surface area (Å²) in [7, 11) is -4.06. The second kappa shape index (κ2) is 14.9. The van der Waals surface area contributed by atoms with Crippen LogP contribution in [0.1, 0.15) is 36.3 Å². The summed E-state index contributed by atoms with van der Waals surface area (Å²) >= 11 is 0. The van der Waals surface area contributed by atoms with Crippen LogP contribution in [0.3, 0.4) is 0 Å². The Kier molecular flexibility index (Phi) is 11.7. The Labute approximate surface area is 222 Å². The van der Waals surface area contributed by atoms with Crippen molar-refractivity contribution in [1.29, 1.82) is 0 Å². The van der Waals surface area contributed by atoms with E-state index >= 15 is 0 Å². The van der Waals surface area contributed by atoms with Crippen molar-refractivity contribution in [3.05, 3.63) is 72.3 Å². The molecule has 11 heteroatoms. The van der Waals surface area contributed by atoms with Crippen LogP contribution in [0, 0.1) is 0 Å². The molecule has 0 saturated heterocycles. The number of phosphoric ester groups is 1.